The number of nitriles is 1. The Kier molecular flexibility index (Phi) is 7.83. The van der Waals surface area contributed by atoms with Crippen molar-refractivity contribution >= 4 is 5.57 Å². The van der Waals surface area contributed by atoms with E-state index in [1.165, 1.54) is 28.8 Å². The van der Waals surface area contributed by atoms with E-state index in [1.54, 1.807) is 12.1 Å². The molecule has 2 nitrogen and oxygen atoms in total. The van der Waals surface area contributed by atoms with Crippen molar-refractivity contribution in [3.05, 3.63) is 93.8 Å². The highest BCUT2D eigenvalue weighted by Crippen LogP contribution is 2.39. The van der Waals surface area contributed by atoms with Crippen LogP contribution in [0.5, 0.6) is 5.75 Å². The van der Waals surface area contributed by atoms with Crippen LogP contribution in [-0.2, 0) is 12.8 Å². The van der Waals surface area contributed by atoms with Crippen LogP contribution in [0, 0.1) is 31.0 Å². The average Bonchev–Trinajstić information content (AvgIpc) is 2.79. The van der Waals surface area contributed by atoms with Gasteiger partial charge in [-0.3, -0.25) is 0 Å². The predicted octanol–water partition coefficient (Wildman–Crippen LogP) is 8.16. The van der Waals surface area contributed by atoms with Crippen molar-refractivity contribution in [3.8, 4) is 22.9 Å². The van der Waals surface area contributed by atoms with Crippen LogP contribution in [0.15, 0.2) is 49.0 Å². The second-order valence-corrected chi connectivity index (χ2v) is 8.33. The molecule has 0 unspecified atom stereocenters. The Labute approximate surface area is 199 Å². The Bertz CT molecular complexity index is 1270. The van der Waals surface area contributed by atoms with Crippen molar-refractivity contribution in [1.82, 2.24) is 0 Å². The summed E-state index contributed by atoms with van der Waals surface area (Å²) in [7, 11) is 0. The lowest BCUT2D eigenvalue weighted by Gasteiger charge is -2.19. The summed E-state index contributed by atoms with van der Waals surface area (Å²) >= 11 is 0. The third-order valence-corrected chi connectivity index (χ3v) is 6.07. The van der Waals surface area contributed by atoms with Crippen molar-refractivity contribution in [1.29, 1.82) is 5.26 Å². The summed E-state index contributed by atoms with van der Waals surface area (Å²) in [6.07, 6.45) is 2.94. The largest absolute Gasteiger partial charge is 0.434 e. The van der Waals surface area contributed by atoms with E-state index in [9.17, 15) is 18.4 Å². The lowest BCUT2D eigenvalue weighted by Crippen LogP contribution is -2.05. The fourth-order valence-electron chi connectivity index (χ4n) is 4.44. The van der Waals surface area contributed by atoms with E-state index in [-0.39, 0.29) is 22.4 Å². The summed E-state index contributed by atoms with van der Waals surface area (Å²) < 4.78 is 45.4. The summed E-state index contributed by atoms with van der Waals surface area (Å²) in [5.41, 5.74) is 7.13. The van der Waals surface area contributed by atoms with Gasteiger partial charge in [0.1, 0.15) is 11.6 Å². The maximum Gasteiger partial charge on any atom is 0.387 e. The molecule has 0 bridgehead atoms. The van der Waals surface area contributed by atoms with E-state index in [4.69, 9.17) is 0 Å². The van der Waals surface area contributed by atoms with Crippen molar-refractivity contribution < 1.29 is 17.9 Å². The van der Waals surface area contributed by atoms with Crippen LogP contribution < -0.4 is 4.74 Å². The van der Waals surface area contributed by atoms with Gasteiger partial charge in [-0.2, -0.15) is 14.0 Å². The van der Waals surface area contributed by atoms with Crippen LogP contribution in [0.2, 0.25) is 0 Å². The van der Waals surface area contributed by atoms with Gasteiger partial charge in [0.2, 0.25) is 0 Å². The Hall–Kier alpha value is -3.52. The lowest BCUT2D eigenvalue weighted by atomic mass is 9.86. The minimum absolute atomic E-state index is 0.169. The summed E-state index contributed by atoms with van der Waals surface area (Å²) in [4.78, 5) is 0. The second kappa shape index (κ2) is 10.6. The third-order valence-electron chi connectivity index (χ3n) is 6.07. The molecule has 34 heavy (non-hydrogen) atoms. The van der Waals surface area contributed by atoms with E-state index < -0.39 is 12.4 Å². The molecule has 0 aromatic heterocycles. The first kappa shape index (κ1) is 25.1. The highest BCUT2D eigenvalue weighted by atomic mass is 19.3. The molecule has 0 radical (unpaired) electrons. The van der Waals surface area contributed by atoms with E-state index in [1.807, 2.05) is 6.92 Å². The Morgan fingerprint density at radius 1 is 1.09 bits per heavy atom. The summed E-state index contributed by atoms with van der Waals surface area (Å²) in [5, 5.41) is 9.72. The second-order valence-electron chi connectivity index (χ2n) is 8.33. The van der Waals surface area contributed by atoms with Crippen LogP contribution in [0.25, 0.3) is 16.7 Å². The van der Waals surface area contributed by atoms with Crippen molar-refractivity contribution in [2.75, 3.05) is 0 Å². The number of halogens is 3. The van der Waals surface area contributed by atoms with E-state index in [0.717, 1.165) is 42.0 Å². The van der Waals surface area contributed by atoms with Gasteiger partial charge >= 0.3 is 6.61 Å². The SMILES string of the molecule is C=C(c1cc(C)c(CCC)c(CC)c1)c1cc(-c2c(F)cccc2OC(F)F)c(C#N)cc1C. The van der Waals surface area contributed by atoms with Crippen molar-refractivity contribution in [3.63, 3.8) is 0 Å². The van der Waals surface area contributed by atoms with Gasteiger partial charge in [0.25, 0.3) is 0 Å². The lowest BCUT2D eigenvalue weighted by molar-refractivity contribution is -0.0495. The molecule has 0 N–H and O–H groups in total. The van der Waals surface area contributed by atoms with E-state index in [2.05, 4.69) is 50.3 Å². The average molecular weight is 464 g/mol. The molecule has 3 rings (SSSR count). The fourth-order valence-corrected chi connectivity index (χ4v) is 4.44. The maximum atomic E-state index is 14.9. The number of nitrogens with zero attached hydrogens (tertiary/aromatic N) is 1. The quantitative estimate of drug-likeness (QED) is 0.338. The number of hydrogen-bond donors (Lipinski definition) is 0. The summed E-state index contributed by atoms with van der Waals surface area (Å²) in [6.45, 7) is 9.39. The number of benzene rings is 3. The van der Waals surface area contributed by atoms with Gasteiger partial charge < -0.3 is 4.74 Å². The molecule has 3 aromatic rings. The number of rotatable bonds is 8. The maximum absolute atomic E-state index is 14.9. The van der Waals surface area contributed by atoms with Gasteiger partial charge in [0.05, 0.1) is 17.2 Å². The minimum Gasteiger partial charge on any atom is -0.434 e. The van der Waals surface area contributed by atoms with Crippen LogP contribution in [0.1, 0.15) is 59.2 Å². The number of ether oxygens (including phenoxy) is 1. The van der Waals surface area contributed by atoms with Crippen LogP contribution in [-0.4, -0.2) is 6.61 Å². The molecule has 176 valence electrons. The Morgan fingerprint density at radius 2 is 1.82 bits per heavy atom. The van der Waals surface area contributed by atoms with E-state index in [0.29, 0.717) is 5.56 Å². The Balaban J connectivity index is 2.21. The van der Waals surface area contributed by atoms with Gasteiger partial charge in [-0.25, -0.2) is 4.39 Å². The molecule has 0 atom stereocenters. The first-order valence-electron chi connectivity index (χ1n) is 11.3. The molecule has 0 amide bonds. The van der Waals surface area contributed by atoms with Crippen LogP contribution in [0.3, 0.4) is 0 Å². The van der Waals surface area contributed by atoms with Gasteiger partial charge in [0, 0.05) is 5.56 Å². The standard InChI is InChI=1S/C29H28F3NO/c1-6-9-23-17(3)12-21(14-20(23)7-2)19(5)24-15-25(22(16-33)13-18(24)4)28-26(30)10-8-11-27(28)34-29(31)32/h8,10-15,29H,5-7,9H2,1-4H3. The smallest absolute Gasteiger partial charge is 0.387 e. The van der Waals surface area contributed by atoms with Gasteiger partial charge in [-0.05, 0) is 89.9 Å². The van der Waals surface area contributed by atoms with Crippen molar-refractivity contribution in [2.24, 2.45) is 0 Å². The molecule has 0 aliphatic heterocycles. The zero-order valence-electron chi connectivity index (χ0n) is 19.9. The molecule has 5 heteroatoms. The zero-order valence-corrected chi connectivity index (χ0v) is 19.9. The normalized spacial score (nSPS) is 10.9. The van der Waals surface area contributed by atoms with E-state index >= 15 is 0 Å². The summed E-state index contributed by atoms with van der Waals surface area (Å²) in [6, 6.07) is 13.3. The first-order chi connectivity index (χ1) is 16.2. The predicted molar refractivity (Wildman–Crippen MR) is 131 cm³/mol. The molecule has 0 saturated carbocycles. The minimum atomic E-state index is -3.12. The third kappa shape index (κ3) is 5.02. The molecule has 0 spiro atoms. The number of aryl methyl sites for hydroxylation is 3. The van der Waals surface area contributed by atoms with Gasteiger partial charge in [-0.1, -0.05) is 45.0 Å². The molecule has 0 fully saturated rings. The molecule has 0 saturated heterocycles. The number of hydrogen-bond acceptors (Lipinski definition) is 2. The van der Waals surface area contributed by atoms with Crippen molar-refractivity contribution in [2.45, 2.75) is 53.6 Å². The molecule has 0 aliphatic carbocycles. The molecule has 0 heterocycles. The molecule has 3 aromatic carbocycles. The van der Waals surface area contributed by atoms with Gasteiger partial charge in [0.15, 0.2) is 0 Å². The molecular formula is C29H28F3NO. The first-order valence-corrected chi connectivity index (χ1v) is 11.3. The van der Waals surface area contributed by atoms with Crippen LogP contribution >= 0.6 is 0 Å². The highest BCUT2D eigenvalue weighted by Gasteiger charge is 2.21. The monoisotopic (exact) mass is 463 g/mol. The Morgan fingerprint density at radius 3 is 2.44 bits per heavy atom. The number of alkyl halides is 2. The topological polar surface area (TPSA) is 33.0 Å². The zero-order chi connectivity index (χ0) is 25.0. The van der Waals surface area contributed by atoms with Gasteiger partial charge in [-0.15, -0.1) is 0 Å². The fraction of sp³-hybridized carbons (Fsp3) is 0.276. The molecule has 0 aliphatic rings. The summed E-state index contributed by atoms with van der Waals surface area (Å²) in [5.74, 6) is -1.07. The highest BCUT2D eigenvalue weighted by molar-refractivity contribution is 5.86. The van der Waals surface area contributed by atoms with Crippen LogP contribution in [0.4, 0.5) is 13.2 Å². The molecular weight excluding hydrogens is 435 g/mol.